The highest BCUT2D eigenvalue weighted by Gasteiger charge is 2.21. The third-order valence-electron chi connectivity index (χ3n) is 5.42. The van der Waals surface area contributed by atoms with Gasteiger partial charge in [-0.2, -0.15) is 5.10 Å². The van der Waals surface area contributed by atoms with E-state index in [1.54, 1.807) is 30.1 Å². The minimum Gasteiger partial charge on any atom is -0.497 e. The van der Waals surface area contributed by atoms with Crippen LogP contribution < -0.4 is 4.74 Å². The molecule has 0 N–H and O–H groups in total. The van der Waals surface area contributed by atoms with Crippen LogP contribution in [-0.4, -0.2) is 38.0 Å². The van der Waals surface area contributed by atoms with Crippen LogP contribution in [0.3, 0.4) is 0 Å². The number of rotatable bonds is 8. The number of ether oxygens (including phenoxy) is 2. The van der Waals surface area contributed by atoms with Gasteiger partial charge < -0.3 is 13.9 Å². The number of aromatic nitrogens is 4. The number of hydrogen-bond acceptors (Lipinski definition) is 9. The molecule has 184 valence electrons. The van der Waals surface area contributed by atoms with Crippen molar-refractivity contribution in [2.75, 3.05) is 7.11 Å². The molecule has 0 aliphatic heterocycles. The number of methoxy groups -OCH3 is 1. The van der Waals surface area contributed by atoms with Crippen molar-refractivity contribution in [3.63, 3.8) is 0 Å². The predicted octanol–water partition coefficient (Wildman–Crippen LogP) is 4.86. The summed E-state index contributed by atoms with van der Waals surface area (Å²) in [5.74, 6) is 0.209. The van der Waals surface area contributed by atoms with E-state index in [4.69, 9.17) is 13.9 Å². The highest BCUT2D eigenvalue weighted by Crippen LogP contribution is 2.28. The number of para-hydroxylation sites is 1. The van der Waals surface area contributed by atoms with Crippen LogP contribution in [0.1, 0.15) is 16.2 Å². The Kier molecular flexibility index (Phi) is 6.41. The number of nitro benzene ring substituents is 1. The lowest BCUT2D eigenvalue weighted by Gasteiger charge is -2.05. The molecule has 2 aromatic heterocycles. The molecule has 0 saturated carbocycles. The standard InChI is InChI=1S/C26H19N5O6/c1-35-21-9-5-6-18(14-21)24-22(15-30(29-24)19-7-3-2-4-8-19)26(32)36-16-23-27-28-25(37-23)17-10-12-20(13-11-17)31(33)34/h2-15H,16H2,1H3. The molecule has 0 saturated heterocycles. The quantitative estimate of drug-likeness (QED) is 0.167. The van der Waals surface area contributed by atoms with Crippen LogP contribution in [0.4, 0.5) is 5.69 Å². The number of nitrogens with zero attached hydrogens (tertiary/aromatic N) is 5. The van der Waals surface area contributed by atoms with Crippen molar-refractivity contribution in [3.05, 3.63) is 107 Å². The van der Waals surface area contributed by atoms with E-state index < -0.39 is 10.9 Å². The Balaban J connectivity index is 1.38. The Bertz CT molecular complexity index is 1560. The largest absolute Gasteiger partial charge is 0.497 e. The maximum atomic E-state index is 13.1. The third kappa shape index (κ3) is 5.05. The molecule has 0 spiro atoms. The van der Waals surface area contributed by atoms with Gasteiger partial charge in [0, 0.05) is 29.5 Å². The van der Waals surface area contributed by atoms with Crippen LogP contribution >= 0.6 is 0 Å². The van der Waals surface area contributed by atoms with Crippen molar-refractivity contribution < 1.29 is 23.6 Å². The van der Waals surface area contributed by atoms with Gasteiger partial charge in [0.15, 0.2) is 6.61 Å². The van der Waals surface area contributed by atoms with Gasteiger partial charge >= 0.3 is 5.97 Å². The molecule has 0 aliphatic rings. The Morgan fingerprint density at radius 1 is 1.00 bits per heavy atom. The van der Waals surface area contributed by atoms with Gasteiger partial charge in [-0.3, -0.25) is 10.1 Å². The molecule has 11 nitrogen and oxygen atoms in total. The number of carbonyl (C=O) groups is 1. The average molecular weight is 497 g/mol. The van der Waals surface area contributed by atoms with Crippen molar-refractivity contribution in [1.82, 2.24) is 20.0 Å². The Morgan fingerprint density at radius 2 is 1.78 bits per heavy atom. The molecule has 0 aliphatic carbocycles. The summed E-state index contributed by atoms with van der Waals surface area (Å²) < 4.78 is 18.0. The molecule has 11 heteroatoms. The molecular weight excluding hydrogens is 478 g/mol. The lowest BCUT2D eigenvalue weighted by molar-refractivity contribution is -0.384. The van der Waals surface area contributed by atoms with Gasteiger partial charge in [-0.15, -0.1) is 10.2 Å². The van der Waals surface area contributed by atoms with Gasteiger partial charge in [0.1, 0.15) is 17.0 Å². The van der Waals surface area contributed by atoms with Gasteiger partial charge in [-0.25, -0.2) is 9.48 Å². The van der Waals surface area contributed by atoms with Gasteiger partial charge in [-0.1, -0.05) is 30.3 Å². The summed E-state index contributed by atoms with van der Waals surface area (Å²) in [6, 6.07) is 22.3. The van der Waals surface area contributed by atoms with E-state index in [9.17, 15) is 14.9 Å². The second-order valence-electron chi connectivity index (χ2n) is 7.78. The molecule has 5 rings (SSSR count). The van der Waals surface area contributed by atoms with Crippen molar-refractivity contribution in [2.24, 2.45) is 0 Å². The van der Waals surface area contributed by atoms with E-state index in [2.05, 4.69) is 15.3 Å². The zero-order valence-corrected chi connectivity index (χ0v) is 19.5. The molecule has 3 aromatic carbocycles. The van der Waals surface area contributed by atoms with Crippen molar-refractivity contribution in [3.8, 4) is 34.1 Å². The second-order valence-corrected chi connectivity index (χ2v) is 7.78. The molecule has 0 fully saturated rings. The third-order valence-corrected chi connectivity index (χ3v) is 5.42. The molecular formula is C26H19N5O6. The van der Waals surface area contributed by atoms with Crippen LogP contribution in [0.2, 0.25) is 0 Å². The molecule has 0 amide bonds. The first-order valence-corrected chi connectivity index (χ1v) is 11.1. The van der Waals surface area contributed by atoms with Crippen molar-refractivity contribution in [2.45, 2.75) is 6.61 Å². The topological polar surface area (TPSA) is 135 Å². The predicted molar refractivity (Wildman–Crippen MR) is 131 cm³/mol. The van der Waals surface area contributed by atoms with E-state index in [1.165, 1.54) is 24.3 Å². The zero-order chi connectivity index (χ0) is 25.8. The first kappa shape index (κ1) is 23.4. The minimum atomic E-state index is -0.630. The summed E-state index contributed by atoms with van der Waals surface area (Å²) in [4.78, 5) is 23.5. The van der Waals surface area contributed by atoms with E-state index in [0.717, 1.165) is 5.69 Å². The number of nitro groups is 1. The monoisotopic (exact) mass is 497 g/mol. The maximum Gasteiger partial charge on any atom is 0.342 e. The zero-order valence-electron chi connectivity index (χ0n) is 19.5. The number of carbonyl (C=O) groups excluding carboxylic acids is 1. The minimum absolute atomic E-state index is 0.0553. The Morgan fingerprint density at radius 3 is 2.51 bits per heavy atom. The second kappa shape index (κ2) is 10.1. The fourth-order valence-corrected chi connectivity index (χ4v) is 3.58. The van der Waals surface area contributed by atoms with Gasteiger partial charge in [0.05, 0.1) is 17.7 Å². The summed E-state index contributed by atoms with van der Waals surface area (Å²) in [5, 5.41) is 23.3. The van der Waals surface area contributed by atoms with Gasteiger partial charge in [0.2, 0.25) is 5.89 Å². The first-order valence-electron chi connectivity index (χ1n) is 11.1. The molecule has 2 heterocycles. The molecule has 0 atom stereocenters. The first-order chi connectivity index (χ1) is 18.0. The molecule has 0 bridgehead atoms. The lowest BCUT2D eigenvalue weighted by Crippen LogP contribution is -2.06. The van der Waals surface area contributed by atoms with Crippen molar-refractivity contribution >= 4 is 11.7 Å². The van der Waals surface area contributed by atoms with Crippen molar-refractivity contribution in [1.29, 1.82) is 0 Å². The average Bonchev–Trinajstić information content (AvgIpc) is 3.60. The van der Waals surface area contributed by atoms with E-state index in [0.29, 0.717) is 22.6 Å². The van der Waals surface area contributed by atoms with Gasteiger partial charge in [0.25, 0.3) is 11.6 Å². The molecule has 5 aromatic rings. The Hall–Kier alpha value is -5.32. The fourth-order valence-electron chi connectivity index (χ4n) is 3.58. The highest BCUT2D eigenvalue weighted by atomic mass is 16.6. The van der Waals surface area contributed by atoms with Gasteiger partial charge in [-0.05, 0) is 36.4 Å². The summed E-state index contributed by atoms with van der Waals surface area (Å²) >= 11 is 0. The fraction of sp³-hybridized carbons (Fsp3) is 0.0769. The summed E-state index contributed by atoms with van der Waals surface area (Å²) in [6.45, 7) is -0.271. The number of hydrogen-bond donors (Lipinski definition) is 0. The van der Waals surface area contributed by atoms with Crippen LogP contribution in [0.25, 0.3) is 28.4 Å². The normalized spacial score (nSPS) is 10.7. The SMILES string of the molecule is COc1cccc(-c2nn(-c3ccccc3)cc2C(=O)OCc2nnc(-c3ccc([N+](=O)[O-])cc3)o2)c1. The van der Waals surface area contributed by atoms with Crippen LogP contribution in [-0.2, 0) is 11.3 Å². The molecule has 37 heavy (non-hydrogen) atoms. The summed E-state index contributed by atoms with van der Waals surface area (Å²) in [6.07, 6.45) is 1.60. The smallest absolute Gasteiger partial charge is 0.342 e. The van der Waals surface area contributed by atoms with E-state index >= 15 is 0 Å². The summed E-state index contributed by atoms with van der Waals surface area (Å²) in [7, 11) is 1.56. The van der Waals surface area contributed by atoms with Crippen LogP contribution in [0.5, 0.6) is 5.75 Å². The summed E-state index contributed by atoms with van der Waals surface area (Å²) in [5.41, 5.74) is 2.56. The van der Waals surface area contributed by atoms with E-state index in [-0.39, 0.29) is 29.6 Å². The number of benzene rings is 3. The molecule has 0 radical (unpaired) electrons. The Labute approximate surface area is 210 Å². The highest BCUT2D eigenvalue weighted by molar-refractivity contribution is 5.96. The molecule has 0 unspecified atom stereocenters. The maximum absolute atomic E-state index is 13.1. The number of esters is 1. The van der Waals surface area contributed by atoms with E-state index in [1.807, 2.05) is 42.5 Å². The van der Waals surface area contributed by atoms with Crippen LogP contribution in [0, 0.1) is 10.1 Å². The number of non-ortho nitro benzene ring substituents is 1. The lowest BCUT2D eigenvalue weighted by atomic mass is 10.1. The van der Waals surface area contributed by atoms with Crippen LogP contribution in [0.15, 0.2) is 89.5 Å².